The van der Waals surface area contributed by atoms with Gasteiger partial charge in [-0.05, 0) is 36.6 Å². The van der Waals surface area contributed by atoms with E-state index in [9.17, 15) is 8.42 Å². The maximum atomic E-state index is 12.9. The predicted molar refractivity (Wildman–Crippen MR) is 87.2 cm³/mol. The van der Waals surface area contributed by atoms with Gasteiger partial charge in [0.2, 0.25) is 10.0 Å². The van der Waals surface area contributed by atoms with E-state index in [-0.39, 0.29) is 12.0 Å². The Hall–Kier alpha value is -0.140. The lowest BCUT2D eigenvalue weighted by atomic mass is 10.2. The summed E-state index contributed by atoms with van der Waals surface area (Å²) >= 11 is 9.27. The molecule has 0 bridgehead atoms. The molecule has 0 aliphatic carbocycles. The number of sulfonamides is 1. The number of nitrogens with zero attached hydrogens (tertiary/aromatic N) is 1. The lowest BCUT2D eigenvalue weighted by molar-refractivity contribution is -0.00279. The van der Waals surface area contributed by atoms with Crippen molar-refractivity contribution in [2.24, 2.45) is 0 Å². The average molecular weight is 397 g/mol. The van der Waals surface area contributed by atoms with Crippen LogP contribution in [0.5, 0.6) is 0 Å². The van der Waals surface area contributed by atoms with Crippen molar-refractivity contribution >= 4 is 37.6 Å². The summed E-state index contributed by atoms with van der Waals surface area (Å²) in [5, 5.41) is 0. The Morgan fingerprint density at radius 3 is 2.81 bits per heavy atom. The van der Waals surface area contributed by atoms with Crippen molar-refractivity contribution in [3.63, 3.8) is 0 Å². The number of hydrogen-bond donors (Lipinski definition) is 0. The zero-order chi connectivity index (χ0) is 15.6. The topological polar surface area (TPSA) is 46.6 Å². The van der Waals surface area contributed by atoms with Crippen molar-refractivity contribution < 1.29 is 13.2 Å². The first-order valence-electron chi connectivity index (χ1n) is 6.86. The third-order valence-corrected chi connectivity index (χ3v) is 6.81. The molecule has 1 aliphatic heterocycles. The first-order chi connectivity index (χ1) is 9.90. The van der Waals surface area contributed by atoms with Gasteiger partial charge in [0.15, 0.2) is 0 Å². The summed E-state index contributed by atoms with van der Waals surface area (Å²) in [7, 11) is -3.53. The minimum atomic E-state index is -3.53. The van der Waals surface area contributed by atoms with Gasteiger partial charge in [-0.3, -0.25) is 0 Å². The molecule has 2 rings (SSSR count). The van der Waals surface area contributed by atoms with Crippen LogP contribution >= 0.6 is 27.5 Å². The number of ether oxygens (including phenoxy) is 1. The van der Waals surface area contributed by atoms with Crippen molar-refractivity contribution in [2.75, 3.05) is 19.7 Å². The van der Waals surface area contributed by atoms with E-state index in [0.717, 1.165) is 16.5 Å². The SMILES string of the molecule is CCC1CN(S(=O)(=O)c2cc(CCl)cc(Br)c2C)CCO1. The molecule has 1 aromatic rings. The van der Waals surface area contributed by atoms with Gasteiger partial charge in [-0.1, -0.05) is 22.9 Å². The third-order valence-electron chi connectivity index (χ3n) is 3.69. The number of alkyl halides is 1. The van der Waals surface area contributed by atoms with E-state index in [1.807, 2.05) is 13.0 Å². The van der Waals surface area contributed by atoms with Gasteiger partial charge in [0.05, 0.1) is 17.6 Å². The second kappa shape index (κ2) is 6.96. The zero-order valence-electron chi connectivity index (χ0n) is 12.1. The van der Waals surface area contributed by atoms with Gasteiger partial charge in [-0.2, -0.15) is 4.31 Å². The van der Waals surface area contributed by atoms with E-state index in [1.54, 1.807) is 13.0 Å². The first-order valence-corrected chi connectivity index (χ1v) is 9.63. The van der Waals surface area contributed by atoms with Crippen LogP contribution in [0.3, 0.4) is 0 Å². The fraction of sp³-hybridized carbons (Fsp3) is 0.571. The van der Waals surface area contributed by atoms with E-state index in [0.29, 0.717) is 30.2 Å². The summed E-state index contributed by atoms with van der Waals surface area (Å²) in [6.07, 6.45) is 0.768. The highest BCUT2D eigenvalue weighted by Crippen LogP contribution is 2.29. The lowest BCUT2D eigenvalue weighted by Crippen LogP contribution is -2.45. The van der Waals surface area contributed by atoms with Crippen LogP contribution < -0.4 is 0 Å². The second-order valence-electron chi connectivity index (χ2n) is 5.10. The van der Waals surface area contributed by atoms with Gasteiger partial charge in [-0.25, -0.2) is 8.42 Å². The van der Waals surface area contributed by atoms with Gasteiger partial charge < -0.3 is 4.74 Å². The maximum Gasteiger partial charge on any atom is 0.243 e. The van der Waals surface area contributed by atoms with Crippen LogP contribution in [0.2, 0.25) is 0 Å². The quantitative estimate of drug-likeness (QED) is 0.734. The molecule has 1 saturated heterocycles. The highest BCUT2D eigenvalue weighted by Gasteiger charge is 2.31. The van der Waals surface area contributed by atoms with Crippen LogP contribution in [-0.2, 0) is 20.6 Å². The van der Waals surface area contributed by atoms with E-state index in [1.165, 1.54) is 4.31 Å². The molecule has 0 spiro atoms. The Morgan fingerprint density at radius 2 is 2.19 bits per heavy atom. The zero-order valence-corrected chi connectivity index (χ0v) is 15.3. The van der Waals surface area contributed by atoms with Crippen molar-refractivity contribution in [3.05, 3.63) is 27.7 Å². The summed E-state index contributed by atoms with van der Waals surface area (Å²) in [6.45, 7) is 5.03. The Morgan fingerprint density at radius 1 is 1.48 bits per heavy atom. The molecular formula is C14H19BrClNO3S. The molecule has 0 amide bonds. The number of hydrogen-bond acceptors (Lipinski definition) is 3. The van der Waals surface area contributed by atoms with E-state index in [2.05, 4.69) is 15.9 Å². The molecule has 1 unspecified atom stereocenters. The minimum Gasteiger partial charge on any atom is -0.375 e. The molecule has 118 valence electrons. The van der Waals surface area contributed by atoms with Crippen LogP contribution in [0, 0.1) is 6.92 Å². The molecule has 7 heteroatoms. The monoisotopic (exact) mass is 395 g/mol. The predicted octanol–water partition coefficient (Wildman–Crippen LogP) is 3.30. The molecule has 1 heterocycles. The van der Waals surface area contributed by atoms with Gasteiger partial charge in [0, 0.05) is 23.4 Å². The number of halogens is 2. The fourth-order valence-electron chi connectivity index (χ4n) is 2.35. The number of benzene rings is 1. The highest BCUT2D eigenvalue weighted by atomic mass is 79.9. The van der Waals surface area contributed by atoms with Gasteiger partial charge in [0.1, 0.15) is 0 Å². The van der Waals surface area contributed by atoms with E-state index < -0.39 is 10.0 Å². The highest BCUT2D eigenvalue weighted by molar-refractivity contribution is 9.10. The first kappa shape index (κ1) is 17.2. The van der Waals surface area contributed by atoms with Crippen molar-refractivity contribution in [1.82, 2.24) is 4.31 Å². The van der Waals surface area contributed by atoms with Crippen LogP contribution in [0.25, 0.3) is 0 Å². The molecule has 0 N–H and O–H groups in total. The Kier molecular flexibility index (Phi) is 5.71. The molecule has 4 nitrogen and oxygen atoms in total. The molecule has 21 heavy (non-hydrogen) atoms. The van der Waals surface area contributed by atoms with Crippen molar-refractivity contribution in [2.45, 2.75) is 37.1 Å². The van der Waals surface area contributed by atoms with Crippen molar-refractivity contribution in [1.29, 1.82) is 0 Å². The summed E-state index contributed by atoms with van der Waals surface area (Å²) in [4.78, 5) is 0.323. The molecule has 0 aromatic heterocycles. The molecular weight excluding hydrogens is 378 g/mol. The minimum absolute atomic E-state index is 0.0338. The lowest BCUT2D eigenvalue weighted by Gasteiger charge is -2.32. The molecule has 0 saturated carbocycles. The standard InChI is InChI=1S/C14H19BrClNO3S/c1-3-12-9-17(4-5-20-12)21(18,19)14-7-11(8-16)6-13(15)10(14)2/h6-7,12H,3-5,8-9H2,1-2H3. The number of morpholine rings is 1. The summed E-state index contributed by atoms with van der Waals surface area (Å²) in [6, 6.07) is 3.52. The van der Waals surface area contributed by atoms with Gasteiger partial charge in [-0.15, -0.1) is 11.6 Å². The largest absolute Gasteiger partial charge is 0.375 e. The van der Waals surface area contributed by atoms with Crippen LogP contribution in [0.1, 0.15) is 24.5 Å². The number of rotatable bonds is 4. The van der Waals surface area contributed by atoms with Crippen LogP contribution in [-0.4, -0.2) is 38.5 Å². The summed E-state index contributed by atoms with van der Waals surface area (Å²) in [5.41, 5.74) is 1.50. The Bertz CT molecular complexity index is 621. The van der Waals surface area contributed by atoms with E-state index in [4.69, 9.17) is 16.3 Å². The average Bonchev–Trinajstić information content (AvgIpc) is 2.49. The molecule has 1 atom stereocenters. The normalized spacial score (nSPS) is 20.7. The van der Waals surface area contributed by atoms with Gasteiger partial charge >= 0.3 is 0 Å². The van der Waals surface area contributed by atoms with Gasteiger partial charge in [0.25, 0.3) is 0 Å². The maximum absolute atomic E-state index is 12.9. The molecule has 0 radical (unpaired) electrons. The third kappa shape index (κ3) is 3.62. The Balaban J connectivity index is 2.41. The molecule has 1 aromatic carbocycles. The van der Waals surface area contributed by atoms with Crippen molar-refractivity contribution in [3.8, 4) is 0 Å². The molecule has 1 aliphatic rings. The smallest absolute Gasteiger partial charge is 0.243 e. The summed E-state index contributed by atoms with van der Waals surface area (Å²) in [5.74, 6) is 0.280. The van der Waals surface area contributed by atoms with E-state index >= 15 is 0 Å². The van der Waals surface area contributed by atoms with Crippen LogP contribution in [0.15, 0.2) is 21.5 Å². The Labute approximate surface area is 139 Å². The summed E-state index contributed by atoms with van der Waals surface area (Å²) < 4.78 is 33.6. The second-order valence-corrected chi connectivity index (χ2v) is 8.13. The molecule has 1 fully saturated rings. The fourth-order valence-corrected chi connectivity index (χ4v) is 4.89. The van der Waals surface area contributed by atoms with Crippen LogP contribution in [0.4, 0.5) is 0 Å².